The second kappa shape index (κ2) is 8.35. The van der Waals surface area contributed by atoms with Gasteiger partial charge in [-0.1, -0.05) is 0 Å². The molecule has 10 heteroatoms. The number of ketones is 1. The monoisotopic (exact) mass is 467 g/mol. The minimum absolute atomic E-state index is 0.00927. The number of rotatable bonds is 7. The number of hydrogen-bond donors (Lipinski definition) is 0. The first kappa shape index (κ1) is 21.7. The topological polar surface area (TPSA) is 106 Å². The predicted molar refractivity (Wildman–Crippen MR) is 117 cm³/mol. The van der Waals surface area contributed by atoms with E-state index >= 15 is 0 Å². The van der Waals surface area contributed by atoms with Crippen LogP contribution in [-0.2, 0) is 21.2 Å². The van der Waals surface area contributed by atoms with Crippen molar-refractivity contribution in [2.45, 2.75) is 49.6 Å². The molecule has 3 aromatic rings. The van der Waals surface area contributed by atoms with Crippen molar-refractivity contribution in [3.63, 3.8) is 0 Å². The molecule has 2 aromatic heterocycles. The summed E-state index contributed by atoms with van der Waals surface area (Å²) in [6.07, 6.45) is 6.72. The van der Waals surface area contributed by atoms with Crippen LogP contribution in [0.4, 0.5) is 4.39 Å². The molecule has 3 fully saturated rings. The van der Waals surface area contributed by atoms with Crippen molar-refractivity contribution in [1.82, 2.24) is 24.2 Å². The first-order valence-corrected chi connectivity index (χ1v) is 12.2. The molecule has 0 N–H and O–H groups in total. The molecule has 0 amide bonds. The molecule has 2 bridgehead atoms. The van der Waals surface area contributed by atoms with Crippen molar-refractivity contribution in [2.24, 2.45) is 5.92 Å². The molecule has 2 saturated heterocycles. The maximum atomic E-state index is 13.3. The van der Waals surface area contributed by atoms with Gasteiger partial charge < -0.3 is 0 Å². The molecule has 1 saturated carbocycles. The lowest BCUT2D eigenvalue weighted by Gasteiger charge is -2.25. The van der Waals surface area contributed by atoms with Crippen LogP contribution in [0.5, 0.6) is 0 Å². The Morgan fingerprint density at radius 1 is 1.09 bits per heavy atom. The molecule has 6 rings (SSSR count). The summed E-state index contributed by atoms with van der Waals surface area (Å²) in [6.45, 7) is 1.80. The molecule has 33 heavy (non-hydrogen) atoms. The van der Waals surface area contributed by atoms with E-state index in [4.69, 9.17) is 0 Å². The highest BCUT2D eigenvalue weighted by Gasteiger charge is 2.57. The summed E-state index contributed by atoms with van der Waals surface area (Å²) in [4.78, 5) is 30.0. The van der Waals surface area contributed by atoms with Crippen LogP contribution in [0.2, 0.25) is 0 Å². The van der Waals surface area contributed by atoms with Gasteiger partial charge in [0.1, 0.15) is 18.0 Å². The van der Waals surface area contributed by atoms with Crippen LogP contribution in [0.25, 0.3) is 11.3 Å². The van der Waals surface area contributed by atoms with Gasteiger partial charge in [0, 0.05) is 36.1 Å². The molecule has 1 aliphatic carbocycles. The van der Waals surface area contributed by atoms with Crippen LogP contribution >= 0.6 is 0 Å². The van der Waals surface area contributed by atoms with Gasteiger partial charge in [-0.25, -0.2) is 32.7 Å². The third-order valence-corrected chi connectivity index (χ3v) is 8.33. The minimum Gasteiger partial charge on any atom is -0.298 e. The number of carbonyl (C=O) groups is 1. The summed E-state index contributed by atoms with van der Waals surface area (Å²) in [5.74, 6) is 0.0651. The summed E-state index contributed by atoms with van der Waals surface area (Å²) >= 11 is 0. The number of nitrogens with zero attached hydrogens (tertiary/aromatic N) is 5. The van der Waals surface area contributed by atoms with Gasteiger partial charge in [-0.15, -0.1) is 0 Å². The van der Waals surface area contributed by atoms with E-state index in [0.717, 1.165) is 17.7 Å². The van der Waals surface area contributed by atoms with Crippen LogP contribution in [0.15, 0.2) is 53.9 Å². The van der Waals surface area contributed by atoms with Crippen molar-refractivity contribution in [2.75, 3.05) is 0 Å². The third-order valence-electron chi connectivity index (χ3n) is 6.38. The van der Waals surface area contributed by atoms with Gasteiger partial charge in [0.2, 0.25) is 10.0 Å². The Kier molecular flexibility index (Phi) is 5.49. The first-order chi connectivity index (χ1) is 15.8. The van der Waals surface area contributed by atoms with Crippen molar-refractivity contribution in [3.05, 3.63) is 66.4 Å². The normalized spacial score (nSPS) is 22.2. The second-order valence-electron chi connectivity index (χ2n) is 8.50. The predicted octanol–water partition coefficient (Wildman–Crippen LogP) is 2.73. The van der Waals surface area contributed by atoms with E-state index in [1.807, 2.05) is 0 Å². The maximum absolute atomic E-state index is 13.3. The molecular weight excluding hydrogens is 445 g/mol. The zero-order valence-electron chi connectivity index (χ0n) is 17.9. The molecule has 1 aromatic carbocycles. The van der Waals surface area contributed by atoms with E-state index < -0.39 is 21.9 Å². The highest BCUT2D eigenvalue weighted by atomic mass is 32.2. The molecule has 0 unspecified atom stereocenters. The summed E-state index contributed by atoms with van der Waals surface area (Å²) in [5.41, 5.74) is 2.10. The van der Waals surface area contributed by atoms with E-state index in [9.17, 15) is 17.6 Å². The quantitative estimate of drug-likeness (QED) is 0.526. The third kappa shape index (κ3) is 4.04. The van der Waals surface area contributed by atoms with Crippen LogP contribution in [0.1, 0.15) is 30.8 Å². The SMILES string of the molecule is Cc1ncc(-c2cc(CCC(=O)[C@@H]3C4CC(C4)N3S(=O)(=O)c3ccc(F)cc3)ncn2)cn1. The molecule has 8 nitrogen and oxygen atoms in total. The number of halogens is 1. The fourth-order valence-electron chi connectivity index (χ4n) is 4.63. The van der Waals surface area contributed by atoms with Gasteiger partial charge in [-0.3, -0.25) is 4.79 Å². The zero-order chi connectivity index (χ0) is 23.2. The van der Waals surface area contributed by atoms with Crippen molar-refractivity contribution in [3.8, 4) is 11.3 Å². The second-order valence-corrected chi connectivity index (χ2v) is 10.3. The highest BCUT2D eigenvalue weighted by molar-refractivity contribution is 7.89. The van der Waals surface area contributed by atoms with Gasteiger partial charge in [0.05, 0.1) is 16.6 Å². The standard InChI is InChI=1S/C23H22FN5O3S/c1-14-25-11-16(12-26-14)21-10-18(27-13-28-21)4-7-22(30)23-15-8-19(9-15)29(23)33(31,32)20-5-2-17(24)3-6-20/h2-3,5-6,10-13,15,19,23H,4,7-9H2,1H3/t15?,19?,23-/m0/s1. The lowest BCUT2D eigenvalue weighted by atomic mass is 9.81. The van der Waals surface area contributed by atoms with Gasteiger partial charge in [0.15, 0.2) is 5.78 Å². The van der Waals surface area contributed by atoms with Crippen molar-refractivity contribution in [1.29, 1.82) is 0 Å². The molecule has 1 atom stereocenters. The molecule has 0 spiro atoms. The number of Topliss-reactive ketones (excluding diaryl/α,β-unsaturated/α-hetero) is 1. The lowest BCUT2D eigenvalue weighted by Crippen LogP contribution is -2.41. The molecule has 170 valence electrons. The molecule has 0 radical (unpaired) electrons. The van der Waals surface area contributed by atoms with Crippen molar-refractivity contribution >= 4 is 15.8 Å². The Hall–Kier alpha value is -3.11. The Balaban J connectivity index is 1.31. The van der Waals surface area contributed by atoms with E-state index in [2.05, 4.69) is 19.9 Å². The number of sulfonamides is 1. The number of benzene rings is 1. The maximum Gasteiger partial charge on any atom is 0.243 e. The lowest BCUT2D eigenvalue weighted by molar-refractivity contribution is -0.122. The molecular formula is C23H22FN5O3S. The molecule has 4 heterocycles. The number of carbonyl (C=O) groups excluding carboxylic acids is 1. The van der Waals surface area contributed by atoms with Crippen molar-refractivity contribution < 1.29 is 17.6 Å². The number of aryl methyl sites for hydroxylation is 2. The van der Waals surface area contributed by atoms with E-state index in [-0.39, 0.29) is 29.1 Å². The van der Waals surface area contributed by atoms with Crippen LogP contribution in [0, 0.1) is 18.7 Å². The average molecular weight is 468 g/mol. The van der Waals surface area contributed by atoms with Gasteiger partial charge >= 0.3 is 0 Å². The number of hydrogen-bond acceptors (Lipinski definition) is 7. The summed E-state index contributed by atoms with van der Waals surface area (Å²) in [6, 6.07) is 5.68. The fraction of sp³-hybridized carbons (Fsp3) is 0.348. The summed E-state index contributed by atoms with van der Waals surface area (Å²) in [5, 5.41) is 0. The Bertz CT molecular complexity index is 1290. The zero-order valence-corrected chi connectivity index (χ0v) is 18.7. The van der Waals surface area contributed by atoms with Gasteiger partial charge in [-0.05, 0) is 62.4 Å². The summed E-state index contributed by atoms with van der Waals surface area (Å²) < 4.78 is 41.1. The minimum atomic E-state index is -3.88. The van der Waals surface area contributed by atoms with Crippen LogP contribution < -0.4 is 0 Å². The highest BCUT2D eigenvalue weighted by Crippen LogP contribution is 2.49. The first-order valence-electron chi connectivity index (χ1n) is 10.7. The fourth-order valence-corrected chi connectivity index (χ4v) is 6.50. The Morgan fingerprint density at radius 2 is 1.79 bits per heavy atom. The number of aromatic nitrogens is 4. The summed E-state index contributed by atoms with van der Waals surface area (Å²) in [7, 11) is -3.88. The van der Waals surface area contributed by atoms with E-state index in [1.54, 1.807) is 25.4 Å². The van der Waals surface area contributed by atoms with Crippen LogP contribution in [-0.4, -0.2) is 50.5 Å². The van der Waals surface area contributed by atoms with E-state index in [1.165, 1.54) is 22.8 Å². The smallest absolute Gasteiger partial charge is 0.243 e. The molecule has 3 aliphatic rings. The van der Waals surface area contributed by atoms with Gasteiger partial charge in [0.25, 0.3) is 0 Å². The van der Waals surface area contributed by atoms with Gasteiger partial charge in [-0.2, -0.15) is 4.31 Å². The van der Waals surface area contributed by atoms with Crippen LogP contribution in [0.3, 0.4) is 0 Å². The Labute approximate surface area is 191 Å². The Morgan fingerprint density at radius 3 is 2.48 bits per heavy atom. The number of fused-ring (bicyclic) bond motifs is 1. The largest absolute Gasteiger partial charge is 0.298 e. The average Bonchev–Trinajstić information content (AvgIpc) is 3.36. The molecule has 2 aliphatic heterocycles. The van der Waals surface area contributed by atoms with E-state index in [0.29, 0.717) is 36.5 Å².